The van der Waals surface area contributed by atoms with Gasteiger partial charge in [0.15, 0.2) is 0 Å². The lowest BCUT2D eigenvalue weighted by Gasteiger charge is -2.09. The van der Waals surface area contributed by atoms with Crippen LogP contribution < -0.4 is 5.73 Å². The van der Waals surface area contributed by atoms with Gasteiger partial charge >= 0.3 is 0 Å². The van der Waals surface area contributed by atoms with Crippen molar-refractivity contribution >= 4 is 10.9 Å². The van der Waals surface area contributed by atoms with Gasteiger partial charge in [-0.3, -0.25) is 0 Å². The maximum atomic E-state index is 5.76. The van der Waals surface area contributed by atoms with E-state index >= 15 is 0 Å². The molecule has 0 unspecified atom stereocenters. The normalized spacial score (nSPS) is 11.6. The highest BCUT2D eigenvalue weighted by Crippen LogP contribution is 2.19. The monoisotopic (exact) mass is 260 g/mol. The molecule has 0 saturated heterocycles. The van der Waals surface area contributed by atoms with E-state index in [1.54, 1.807) is 0 Å². The molecule has 104 valence electrons. The first kappa shape index (κ1) is 14.1. The van der Waals surface area contributed by atoms with Crippen LogP contribution in [0.25, 0.3) is 10.9 Å². The number of benzene rings is 1. The molecule has 3 heteroatoms. The van der Waals surface area contributed by atoms with Crippen LogP contribution in [0.3, 0.4) is 0 Å². The van der Waals surface area contributed by atoms with Crippen LogP contribution in [0.4, 0.5) is 0 Å². The Morgan fingerprint density at radius 1 is 1.21 bits per heavy atom. The molecule has 2 aromatic rings. The van der Waals surface area contributed by atoms with Crippen LogP contribution in [0.2, 0.25) is 0 Å². The third kappa shape index (κ3) is 3.58. The van der Waals surface area contributed by atoms with Crippen LogP contribution in [-0.2, 0) is 17.8 Å². The molecule has 1 heterocycles. The third-order valence-electron chi connectivity index (χ3n) is 3.44. The van der Waals surface area contributed by atoms with Gasteiger partial charge in [-0.25, -0.2) is 0 Å². The van der Waals surface area contributed by atoms with Gasteiger partial charge in [-0.1, -0.05) is 26.0 Å². The van der Waals surface area contributed by atoms with Crippen LogP contribution in [0.5, 0.6) is 0 Å². The first-order valence-corrected chi connectivity index (χ1v) is 7.07. The van der Waals surface area contributed by atoms with E-state index in [9.17, 15) is 0 Å². The van der Waals surface area contributed by atoms with Gasteiger partial charge in [-0.15, -0.1) is 0 Å². The quantitative estimate of drug-likeness (QED) is 0.777. The first-order valence-electron chi connectivity index (χ1n) is 7.07. The predicted molar refractivity (Wildman–Crippen MR) is 80.1 cm³/mol. The number of aromatic nitrogens is 1. The Morgan fingerprint density at radius 3 is 2.79 bits per heavy atom. The number of nitrogens with zero attached hydrogens (tertiary/aromatic N) is 1. The molecular formula is C16H24N2O. The maximum Gasteiger partial charge on any atom is 0.0645 e. The Labute approximate surface area is 115 Å². The molecule has 0 spiro atoms. The average Bonchev–Trinajstić information content (AvgIpc) is 2.81. The van der Waals surface area contributed by atoms with Gasteiger partial charge in [-0.05, 0) is 30.0 Å². The fourth-order valence-corrected chi connectivity index (χ4v) is 2.24. The topological polar surface area (TPSA) is 40.2 Å². The van der Waals surface area contributed by atoms with Crippen LogP contribution in [0, 0.1) is 5.92 Å². The molecule has 0 bridgehead atoms. The minimum atomic E-state index is 0.590. The standard InChI is InChI=1S/C16H24N2O/c1-13(2)7-10-19-11-9-18-8-6-15-14(12-17)4-3-5-16(15)18/h3-6,8,13H,7,9-12,17H2,1-2H3. The van der Waals surface area contributed by atoms with Crippen molar-refractivity contribution in [3.63, 3.8) is 0 Å². The van der Waals surface area contributed by atoms with E-state index in [1.807, 2.05) is 0 Å². The molecule has 0 amide bonds. The fraction of sp³-hybridized carbons (Fsp3) is 0.500. The van der Waals surface area contributed by atoms with E-state index in [0.29, 0.717) is 12.5 Å². The van der Waals surface area contributed by atoms with Gasteiger partial charge in [-0.2, -0.15) is 0 Å². The summed E-state index contributed by atoms with van der Waals surface area (Å²) in [5, 5.41) is 1.26. The largest absolute Gasteiger partial charge is 0.380 e. The molecule has 1 aromatic carbocycles. The number of hydrogen-bond donors (Lipinski definition) is 1. The van der Waals surface area contributed by atoms with Crippen molar-refractivity contribution in [2.75, 3.05) is 13.2 Å². The lowest BCUT2D eigenvalue weighted by molar-refractivity contribution is 0.117. The Hall–Kier alpha value is -1.32. The maximum absolute atomic E-state index is 5.76. The highest BCUT2D eigenvalue weighted by molar-refractivity contribution is 5.83. The highest BCUT2D eigenvalue weighted by Gasteiger charge is 2.04. The zero-order chi connectivity index (χ0) is 13.7. The van der Waals surface area contributed by atoms with Crippen LogP contribution >= 0.6 is 0 Å². The van der Waals surface area contributed by atoms with Crippen molar-refractivity contribution in [3.8, 4) is 0 Å². The second-order valence-corrected chi connectivity index (χ2v) is 5.36. The molecule has 0 aliphatic carbocycles. The van der Waals surface area contributed by atoms with Gasteiger partial charge < -0.3 is 15.0 Å². The summed E-state index contributed by atoms with van der Waals surface area (Å²) < 4.78 is 7.92. The highest BCUT2D eigenvalue weighted by atomic mass is 16.5. The lowest BCUT2D eigenvalue weighted by atomic mass is 10.1. The van der Waals surface area contributed by atoms with Crippen LogP contribution in [-0.4, -0.2) is 17.8 Å². The van der Waals surface area contributed by atoms with Gasteiger partial charge in [0.2, 0.25) is 0 Å². The fourth-order valence-electron chi connectivity index (χ4n) is 2.24. The zero-order valence-corrected chi connectivity index (χ0v) is 11.9. The van der Waals surface area contributed by atoms with Crippen molar-refractivity contribution in [3.05, 3.63) is 36.0 Å². The minimum absolute atomic E-state index is 0.590. The molecule has 2 rings (SSSR count). The van der Waals surface area contributed by atoms with Crippen molar-refractivity contribution in [2.45, 2.75) is 33.4 Å². The molecule has 3 nitrogen and oxygen atoms in total. The lowest BCUT2D eigenvalue weighted by Crippen LogP contribution is -2.07. The zero-order valence-electron chi connectivity index (χ0n) is 11.9. The van der Waals surface area contributed by atoms with Crippen molar-refractivity contribution < 1.29 is 4.74 Å². The van der Waals surface area contributed by atoms with Crippen molar-refractivity contribution in [1.29, 1.82) is 0 Å². The number of rotatable bonds is 7. The summed E-state index contributed by atoms with van der Waals surface area (Å²) in [6.07, 6.45) is 3.25. The van der Waals surface area contributed by atoms with E-state index in [1.165, 1.54) is 16.5 Å². The smallest absolute Gasteiger partial charge is 0.0645 e. The van der Waals surface area contributed by atoms with E-state index in [2.05, 4.69) is 48.9 Å². The van der Waals surface area contributed by atoms with Crippen LogP contribution in [0.1, 0.15) is 25.8 Å². The number of ether oxygens (including phenoxy) is 1. The molecule has 0 saturated carbocycles. The van der Waals surface area contributed by atoms with Crippen molar-refractivity contribution in [1.82, 2.24) is 4.57 Å². The minimum Gasteiger partial charge on any atom is -0.380 e. The SMILES string of the molecule is CC(C)CCOCCn1ccc2c(CN)cccc21. The number of nitrogens with two attached hydrogens (primary N) is 1. The van der Waals surface area contributed by atoms with E-state index in [0.717, 1.165) is 26.2 Å². The summed E-state index contributed by atoms with van der Waals surface area (Å²) in [6.45, 7) is 7.55. The van der Waals surface area contributed by atoms with Gasteiger partial charge in [0.25, 0.3) is 0 Å². The van der Waals surface area contributed by atoms with Gasteiger partial charge in [0.1, 0.15) is 0 Å². The summed E-state index contributed by atoms with van der Waals surface area (Å²) >= 11 is 0. The number of fused-ring (bicyclic) bond motifs is 1. The van der Waals surface area contributed by atoms with Gasteiger partial charge in [0, 0.05) is 36.8 Å². The van der Waals surface area contributed by atoms with Gasteiger partial charge in [0.05, 0.1) is 6.61 Å². The predicted octanol–water partition coefficient (Wildman–Crippen LogP) is 3.16. The summed E-state index contributed by atoms with van der Waals surface area (Å²) in [5.41, 5.74) is 8.21. The summed E-state index contributed by atoms with van der Waals surface area (Å²) in [5.74, 6) is 0.708. The van der Waals surface area contributed by atoms with E-state index in [4.69, 9.17) is 10.5 Å². The summed E-state index contributed by atoms with van der Waals surface area (Å²) in [4.78, 5) is 0. The average molecular weight is 260 g/mol. The number of hydrogen-bond acceptors (Lipinski definition) is 2. The summed E-state index contributed by atoms with van der Waals surface area (Å²) in [6, 6.07) is 8.45. The molecular weight excluding hydrogens is 236 g/mol. The first-order chi connectivity index (χ1) is 9.22. The molecule has 19 heavy (non-hydrogen) atoms. The van der Waals surface area contributed by atoms with Crippen LogP contribution in [0.15, 0.2) is 30.5 Å². The molecule has 0 fully saturated rings. The Kier molecular flexibility index (Phi) is 5.00. The van der Waals surface area contributed by atoms with E-state index in [-0.39, 0.29) is 0 Å². The van der Waals surface area contributed by atoms with E-state index < -0.39 is 0 Å². The Balaban J connectivity index is 1.94. The van der Waals surface area contributed by atoms with Crippen molar-refractivity contribution in [2.24, 2.45) is 11.7 Å². The molecule has 0 atom stereocenters. The Morgan fingerprint density at radius 2 is 2.05 bits per heavy atom. The molecule has 0 aliphatic heterocycles. The Bertz CT molecular complexity index is 516. The molecule has 0 radical (unpaired) electrons. The molecule has 0 aliphatic rings. The molecule has 1 aromatic heterocycles. The second-order valence-electron chi connectivity index (χ2n) is 5.36. The molecule has 2 N–H and O–H groups in total. The summed E-state index contributed by atoms with van der Waals surface area (Å²) in [7, 11) is 0. The second kappa shape index (κ2) is 6.73. The third-order valence-corrected chi connectivity index (χ3v) is 3.44.